The molecule has 0 bridgehead atoms. The van der Waals surface area contributed by atoms with Crippen LogP contribution in [0.5, 0.6) is 11.5 Å². The molecular formula is C25H26N2O3. The molecule has 0 saturated heterocycles. The van der Waals surface area contributed by atoms with Gasteiger partial charge in [0.1, 0.15) is 18.1 Å². The third kappa shape index (κ3) is 4.31. The fraction of sp³-hybridized carbons (Fsp3) is 0.240. The normalized spacial score (nSPS) is 15.4. The van der Waals surface area contributed by atoms with E-state index in [0.717, 1.165) is 28.3 Å². The lowest BCUT2D eigenvalue weighted by molar-refractivity contribution is -0.120. The summed E-state index contributed by atoms with van der Waals surface area (Å²) in [7, 11) is 3.62. The number of para-hydroxylation sites is 2. The van der Waals surface area contributed by atoms with Gasteiger partial charge in [0.05, 0.1) is 25.4 Å². The summed E-state index contributed by atoms with van der Waals surface area (Å²) in [5.41, 5.74) is 3.02. The first-order valence-electron chi connectivity index (χ1n) is 10.1. The molecule has 1 aliphatic heterocycles. The number of nitrogens with zero attached hydrogens (tertiary/aromatic N) is 2. The van der Waals surface area contributed by atoms with E-state index < -0.39 is 0 Å². The largest absolute Gasteiger partial charge is 0.497 e. The summed E-state index contributed by atoms with van der Waals surface area (Å²) in [4.78, 5) is 17.4. The Hall–Kier alpha value is -3.31. The standard InChI is InChI=1S/C25H26N2O3/c1-26(16-19-12-14-21(29-2)15-13-19)17-25(28)27-22-10-6-7-11-24(22)30-18-23(27)20-8-4-3-5-9-20/h3-15,23H,16-18H2,1-2H3/t23-/m1/s1. The minimum absolute atomic E-state index is 0.0515. The van der Waals surface area contributed by atoms with Gasteiger partial charge in [0.15, 0.2) is 0 Å². The van der Waals surface area contributed by atoms with Crippen molar-refractivity contribution in [2.75, 3.05) is 32.2 Å². The number of rotatable bonds is 6. The molecular weight excluding hydrogens is 376 g/mol. The van der Waals surface area contributed by atoms with E-state index in [9.17, 15) is 4.79 Å². The Morgan fingerprint density at radius 1 is 1.03 bits per heavy atom. The summed E-state index contributed by atoms with van der Waals surface area (Å²) in [5.74, 6) is 1.62. The number of fused-ring (bicyclic) bond motifs is 1. The molecule has 0 radical (unpaired) electrons. The highest BCUT2D eigenvalue weighted by Gasteiger charge is 2.33. The molecule has 1 atom stereocenters. The summed E-state index contributed by atoms with van der Waals surface area (Å²) in [5, 5.41) is 0. The molecule has 154 valence electrons. The maximum atomic E-state index is 13.5. The molecule has 5 nitrogen and oxygen atoms in total. The molecule has 0 aromatic heterocycles. The van der Waals surface area contributed by atoms with E-state index in [-0.39, 0.29) is 11.9 Å². The number of benzene rings is 3. The van der Waals surface area contributed by atoms with Crippen molar-refractivity contribution < 1.29 is 14.3 Å². The molecule has 3 aromatic rings. The number of anilines is 1. The molecule has 0 saturated carbocycles. The second kappa shape index (κ2) is 9.01. The van der Waals surface area contributed by atoms with Crippen LogP contribution in [0.15, 0.2) is 78.9 Å². The van der Waals surface area contributed by atoms with E-state index in [1.54, 1.807) is 7.11 Å². The molecule has 0 spiro atoms. The average molecular weight is 402 g/mol. The van der Waals surface area contributed by atoms with Crippen molar-refractivity contribution in [2.24, 2.45) is 0 Å². The maximum absolute atomic E-state index is 13.5. The summed E-state index contributed by atoms with van der Waals surface area (Å²) in [6.45, 7) is 1.43. The Bertz CT molecular complexity index is 989. The van der Waals surface area contributed by atoms with Crippen molar-refractivity contribution in [1.29, 1.82) is 0 Å². The predicted octanol–water partition coefficient (Wildman–Crippen LogP) is 4.29. The molecule has 1 amide bonds. The third-order valence-corrected chi connectivity index (χ3v) is 5.30. The Balaban J connectivity index is 1.54. The molecule has 5 heteroatoms. The number of carbonyl (C=O) groups is 1. The summed E-state index contributed by atoms with van der Waals surface area (Å²) in [6.07, 6.45) is 0. The Morgan fingerprint density at radius 3 is 2.47 bits per heavy atom. The van der Waals surface area contributed by atoms with Crippen LogP contribution < -0.4 is 14.4 Å². The van der Waals surface area contributed by atoms with Crippen LogP contribution in [-0.4, -0.2) is 38.1 Å². The second-order valence-corrected chi connectivity index (χ2v) is 7.49. The third-order valence-electron chi connectivity index (χ3n) is 5.30. The van der Waals surface area contributed by atoms with Gasteiger partial charge in [-0.3, -0.25) is 14.6 Å². The van der Waals surface area contributed by atoms with Gasteiger partial charge < -0.3 is 9.47 Å². The van der Waals surface area contributed by atoms with Crippen molar-refractivity contribution in [3.63, 3.8) is 0 Å². The lowest BCUT2D eigenvalue weighted by Crippen LogP contribution is -2.45. The first kappa shape index (κ1) is 20.0. The number of amides is 1. The average Bonchev–Trinajstić information content (AvgIpc) is 2.79. The fourth-order valence-electron chi connectivity index (χ4n) is 3.82. The van der Waals surface area contributed by atoms with Gasteiger partial charge in [0, 0.05) is 6.54 Å². The molecule has 1 aliphatic rings. The van der Waals surface area contributed by atoms with E-state index in [1.165, 1.54) is 0 Å². The monoisotopic (exact) mass is 402 g/mol. The number of hydrogen-bond donors (Lipinski definition) is 0. The predicted molar refractivity (Wildman–Crippen MR) is 118 cm³/mol. The van der Waals surface area contributed by atoms with Gasteiger partial charge in [-0.25, -0.2) is 0 Å². The molecule has 3 aromatic carbocycles. The van der Waals surface area contributed by atoms with Crippen molar-refractivity contribution in [3.8, 4) is 11.5 Å². The van der Waals surface area contributed by atoms with Gasteiger partial charge in [-0.05, 0) is 42.4 Å². The smallest absolute Gasteiger partial charge is 0.241 e. The van der Waals surface area contributed by atoms with Crippen LogP contribution in [0.4, 0.5) is 5.69 Å². The molecule has 4 rings (SSSR count). The van der Waals surface area contributed by atoms with Crippen molar-refractivity contribution in [3.05, 3.63) is 90.0 Å². The van der Waals surface area contributed by atoms with Crippen LogP contribution in [0.2, 0.25) is 0 Å². The highest BCUT2D eigenvalue weighted by molar-refractivity contribution is 5.97. The van der Waals surface area contributed by atoms with Crippen molar-refractivity contribution >= 4 is 11.6 Å². The quantitative estimate of drug-likeness (QED) is 0.617. The van der Waals surface area contributed by atoms with Gasteiger partial charge in [0.2, 0.25) is 5.91 Å². The number of likely N-dealkylation sites (N-methyl/N-ethyl adjacent to an activating group) is 1. The molecule has 0 N–H and O–H groups in total. The summed E-state index contributed by atoms with van der Waals surface area (Å²) >= 11 is 0. The summed E-state index contributed by atoms with van der Waals surface area (Å²) in [6, 6.07) is 25.6. The van der Waals surface area contributed by atoms with Gasteiger partial charge in [-0.15, -0.1) is 0 Å². The minimum Gasteiger partial charge on any atom is -0.497 e. The van der Waals surface area contributed by atoms with Crippen molar-refractivity contribution in [1.82, 2.24) is 4.90 Å². The van der Waals surface area contributed by atoms with Gasteiger partial charge >= 0.3 is 0 Å². The first-order valence-corrected chi connectivity index (χ1v) is 10.1. The van der Waals surface area contributed by atoms with E-state index >= 15 is 0 Å². The van der Waals surface area contributed by atoms with Crippen LogP contribution in [0, 0.1) is 0 Å². The molecule has 1 heterocycles. The topological polar surface area (TPSA) is 42.0 Å². The van der Waals surface area contributed by atoms with E-state index in [0.29, 0.717) is 19.7 Å². The Labute approximate surface area is 177 Å². The zero-order valence-electron chi connectivity index (χ0n) is 17.3. The van der Waals surface area contributed by atoms with Crippen LogP contribution in [0.1, 0.15) is 17.2 Å². The number of ether oxygens (including phenoxy) is 2. The van der Waals surface area contributed by atoms with E-state index in [4.69, 9.17) is 9.47 Å². The molecule has 0 fully saturated rings. The molecule has 30 heavy (non-hydrogen) atoms. The molecule has 0 aliphatic carbocycles. The minimum atomic E-state index is -0.150. The fourth-order valence-corrected chi connectivity index (χ4v) is 3.82. The van der Waals surface area contributed by atoms with Crippen LogP contribution in [0.25, 0.3) is 0 Å². The van der Waals surface area contributed by atoms with Gasteiger partial charge in [-0.2, -0.15) is 0 Å². The van der Waals surface area contributed by atoms with Crippen LogP contribution >= 0.6 is 0 Å². The number of hydrogen-bond acceptors (Lipinski definition) is 4. The maximum Gasteiger partial charge on any atom is 0.241 e. The lowest BCUT2D eigenvalue weighted by atomic mass is 10.0. The van der Waals surface area contributed by atoms with E-state index in [1.807, 2.05) is 95.7 Å². The van der Waals surface area contributed by atoms with Crippen LogP contribution in [-0.2, 0) is 11.3 Å². The second-order valence-electron chi connectivity index (χ2n) is 7.49. The first-order chi connectivity index (χ1) is 14.7. The number of methoxy groups -OCH3 is 1. The van der Waals surface area contributed by atoms with Gasteiger partial charge in [0.25, 0.3) is 0 Å². The highest BCUT2D eigenvalue weighted by Crippen LogP contribution is 2.39. The summed E-state index contributed by atoms with van der Waals surface area (Å²) < 4.78 is 11.2. The van der Waals surface area contributed by atoms with Crippen LogP contribution in [0.3, 0.4) is 0 Å². The Morgan fingerprint density at radius 2 is 1.73 bits per heavy atom. The van der Waals surface area contributed by atoms with Gasteiger partial charge in [-0.1, -0.05) is 54.6 Å². The van der Waals surface area contributed by atoms with E-state index in [2.05, 4.69) is 0 Å². The molecule has 0 unspecified atom stereocenters. The number of carbonyl (C=O) groups excluding carboxylic acids is 1. The Kier molecular flexibility index (Phi) is 6.00. The van der Waals surface area contributed by atoms with Crippen molar-refractivity contribution in [2.45, 2.75) is 12.6 Å². The lowest BCUT2D eigenvalue weighted by Gasteiger charge is -2.38. The zero-order valence-corrected chi connectivity index (χ0v) is 17.3. The SMILES string of the molecule is COc1ccc(CN(C)CC(=O)N2c3ccccc3OC[C@@H]2c2ccccc2)cc1. The zero-order chi connectivity index (χ0) is 20.9. The highest BCUT2D eigenvalue weighted by atomic mass is 16.5.